The Bertz CT molecular complexity index is 659. The van der Waals surface area contributed by atoms with Gasteiger partial charge in [-0.15, -0.1) is 0 Å². The SMILES string of the molecule is Cc1c(Br)cccc1OCCOC1C[C@@H]2CC[C@@H](C1)N2C(=O)OC(C)(C)C. The van der Waals surface area contributed by atoms with Crippen molar-refractivity contribution in [3.05, 3.63) is 28.2 Å². The maximum Gasteiger partial charge on any atom is 0.410 e. The van der Waals surface area contributed by atoms with Gasteiger partial charge in [-0.05, 0) is 65.5 Å². The first kappa shape index (κ1) is 20.5. The molecule has 2 aliphatic heterocycles. The predicted octanol–water partition coefficient (Wildman–Crippen LogP) is 5.08. The number of hydrogen-bond donors (Lipinski definition) is 0. The van der Waals surface area contributed by atoms with E-state index in [4.69, 9.17) is 14.2 Å². The molecule has 2 atom stereocenters. The van der Waals surface area contributed by atoms with E-state index in [1.54, 1.807) is 0 Å². The first-order valence-corrected chi connectivity index (χ1v) is 10.5. The molecule has 0 aliphatic carbocycles. The van der Waals surface area contributed by atoms with Gasteiger partial charge in [0.15, 0.2) is 0 Å². The van der Waals surface area contributed by atoms with Crippen LogP contribution < -0.4 is 4.74 Å². The standard InChI is InChI=1S/C21H30BrNO4/c1-14-18(22)6-5-7-19(14)26-11-10-25-17-12-15-8-9-16(13-17)23(15)20(24)27-21(2,3)4/h5-7,15-17H,8-13H2,1-4H3/t15-,16-/m0/s1. The lowest BCUT2D eigenvalue weighted by atomic mass is 10.0. The molecule has 3 rings (SSSR count). The predicted molar refractivity (Wildman–Crippen MR) is 108 cm³/mol. The lowest BCUT2D eigenvalue weighted by Gasteiger charge is -2.39. The summed E-state index contributed by atoms with van der Waals surface area (Å²) in [5.74, 6) is 0.882. The molecule has 0 aromatic heterocycles. The van der Waals surface area contributed by atoms with E-state index in [0.717, 1.165) is 41.5 Å². The van der Waals surface area contributed by atoms with Gasteiger partial charge in [-0.2, -0.15) is 0 Å². The highest BCUT2D eigenvalue weighted by Gasteiger charge is 2.45. The summed E-state index contributed by atoms with van der Waals surface area (Å²) >= 11 is 3.52. The van der Waals surface area contributed by atoms with Crippen molar-refractivity contribution in [3.8, 4) is 5.75 Å². The van der Waals surface area contributed by atoms with Gasteiger partial charge in [0, 0.05) is 22.1 Å². The van der Waals surface area contributed by atoms with Gasteiger partial charge in [0.05, 0.1) is 12.7 Å². The van der Waals surface area contributed by atoms with Gasteiger partial charge in [-0.1, -0.05) is 22.0 Å². The fourth-order valence-corrected chi connectivity index (χ4v) is 4.33. The molecule has 6 heteroatoms. The molecule has 2 bridgehead atoms. The number of rotatable bonds is 5. The summed E-state index contributed by atoms with van der Waals surface area (Å²) in [5.41, 5.74) is 0.646. The second kappa shape index (κ2) is 8.39. The van der Waals surface area contributed by atoms with Crippen LogP contribution in [-0.4, -0.2) is 48.0 Å². The van der Waals surface area contributed by atoms with Gasteiger partial charge in [-0.3, -0.25) is 0 Å². The second-order valence-corrected chi connectivity index (χ2v) is 9.30. The van der Waals surface area contributed by atoms with Crippen LogP contribution in [0.25, 0.3) is 0 Å². The van der Waals surface area contributed by atoms with Crippen LogP contribution in [-0.2, 0) is 9.47 Å². The van der Waals surface area contributed by atoms with E-state index >= 15 is 0 Å². The summed E-state index contributed by atoms with van der Waals surface area (Å²) in [7, 11) is 0. The molecule has 0 spiro atoms. The fourth-order valence-electron chi connectivity index (χ4n) is 3.99. The molecule has 2 fully saturated rings. The first-order chi connectivity index (χ1) is 12.7. The number of amides is 1. The van der Waals surface area contributed by atoms with Crippen LogP contribution in [0.5, 0.6) is 5.75 Å². The zero-order valence-corrected chi connectivity index (χ0v) is 18.3. The molecule has 150 valence electrons. The number of piperidine rings is 1. The molecule has 27 heavy (non-hydrogen) atoms. The number of hydrogen-bond acceptors (Lipinski definition) is 4. The van der Waals surface area contributed by atoms with Gasteiger partial charge in [-0.25, -0.2) is 4.79 Å². The number of nitrogens with zero attached hydrogens (tertiary/aromatic N) is 1. The van der Waals surface area contributed by atoms with Crippen molar-refractivity contribution in [2.24, 2.45) is 0 Å². The zero-order valence-electron chi connectivity index (χ0n) is 16.7. The lowest BCUT2D eigenvalue weighted by molar-refractivity contribution is -0.0395. The van der Waals surface area contributed by atoms with Crippen molar-refractivity contribution in [1.29, 1.82) is 0 Å². The number of carbonyl (C=O) groups excluding carboxylic acids is 1. The molecule has 2 saturated heterocycles. The molecule has 0 saturated carbocycles. The van der Waals surface area contributed by atoms with Gasteiger partial charge in [0.1, 0.15) is 18.0 Å². The average Bonchev–Trinajstić information content (AvgIpc) is 2.85. The lowest BCUT2D eigenvalue weighted by Crippen LogP contribution is -2.50. The Morgan fingerprint density at radius 2 is 1.85 bits per heavy atom. The molecule has 1 aromatic rings. The van der Waals surface area contributed by atoms with E-state index in [1.165, 1.54) is 0 Å². The second-order valence-electron chi connectivity index (χ2n) is 8.45. The van der Waals surface area contributed by atoms with Crippen LogP contribution in [0.4, 0.5) is 4.79 Å². The molecular weight excluding hydrogens is 410 g/mol. The molecular formula is C21H30BrNO4. The minimum absolute atomic E-state index is 0.179. The van der Waals surface area contributed by atoms with E-state index in [2.05, 4.69) is 15.9 Å². The van der Waals surface area contributed by atoms with Crippen molar-refractivity contribution in [2.45, 2.75) is 77.2 Å². The maximum absolute atomic E-state index is 12.5. The van der Waals surface area contributed by atoms with Crippen LogP contribution in [0.3, 0.4) is 0 Å². The van der Waals surface area contributed by atoms with Gasteiger partial charge in [0.25, 0.3) is 0 Å². The zero-order chi connectivity index (χ0) is 19.6. The Hall–Kier alpha value is -1.27. The van der Waals surface area contributed by atoms with Gasteiger partial charge >= 0.3 is 6.09 Å². The summed E-state index contributed by atoms with van der Waals surface area (Å²) in [6.45, 7) is 8.85. The van der Waals surface area contributed by atoms with E-state index in [0.29, 0.717) is 13.2 Å². The molecule has 0 radical (unpaired) electrons. The Morgan fingerprint density at radius 3 is 2.48 bits per heavy atom. The van der Waals surface area contributed by atoms with Gasteiger partial charge < -0.3 is 19.1 Å². The summed E-state index contributed by atoms with van der Waals surface area (Å²) in [4.78, 5) is 14.4. The molecule has 1 aromatic carbocycles. The normalized spacial score (nSPS) is 24.8. The van der Waals surface area contributed by atoms with Crippen molar-refractivity contribution >= 4 is 22.0 Å². The Kier molecular flexibility index (Phi) is 6.36. The number of carbonyl (C=O) groups is 1. The highest BCUT2D eigenvalue weighted by Crippen LogP contribution is 2.38. The third kappa shape index (κ3) is 5.17. The molecule has 1 amide bonds. The summed E-state index contributed by atoms with van der Waals surface area (Å²) in [5, 5.41) is 0. The van der Waals surface area contributed by atoms with Crippen LogP contribution in [0.15, 0.2) is 22.7 Å². The van der Waals surface area contributed by atoms with Crippen molar-refractivity contribution in [2.75, 3.05) is 13.2 Å². The fraction of sp³-hybridized carbons (Fsp3) is 0.667. The Balaban J connectivity index is 1.45. The van der Waals surface area contributed by atoms with Crippen molar-refractivity contribution < 1.29 is 19.0 Å². The van der Waals surface area contributed by atoms with Crippen LogP contribution in [0, 0.1) is 6.92 Å². The number of fused-ring (bicyclic) bond motifs is 2. The Morgan fingerprint density at radius 1 is 1.19 bits per heavy atom. The largest absolute Gasteiger partial charge is 0.491 e. The molecule has 0 N–H and O–H groups in total. The van der Waals surface area contributed by atoms with E-state index in [1.807, 2.05) is 50.8 Å². The Labute approximate surface area is 170 Å². The molecule has 0 unspecified atom stereocenters. The number of benzene rings is 1. The van der Waals surface area contributed by atoms with Crippen LogP contribution in [0.2, 0.25) is 0 Å². The third-order valence-electron chi connectivity index (χ3n) is 5.21. The quantitative estimate of drug-likeness (QED) is 0.599. The first-order valence-electron chi connectivity index (χ1n) is 9.75. The minimum atomic E-state index is -0.453. The molecule has 2 aliphatic rings. The summed E-state index contributed by atoms with van der Waals surface area (Å²) in [6.07, 6.45) is 3.85. The van der Waals surface area contributed by atoms with Gasteiger partial charge in [0.2, 0.25) is 0 Å². The molecule has 2 heterocycles. The van der Waals surface area contributed by atoms with E-state index < -0.39 is 5.60 Å². The smallest absolute Gasteiger partial charge is 0.410 e. The van der Waals surface area contributed by atoms with Crippen LogP contribution in [0.1, 0.15) is 52.0 Å². The monoisotopic (exact) mass is 439 g/mol. The van der Waals surface area contributed by atoms with Crippen molar-refractivity contribution in [1.82, 2.24) is 4.90 Å². The topological polar surface area (TPSA) is 48.0 Å². The minimum Gasteiger partial charge on any atom is -0.491 e. The van der Waals surface area contributed by atoms with E-state index in [-0.39, 0.29) is 24.3 Å². The summed E-state index contributed by atoms with van der Waals surface area (Å²) in [6, 6.07) is 6.41. The third-order valence-corrected chi connectivity index (χ3v) is 6.07. The maximum atomic E-state index is 12.5. The number of halogens is 1. The molecule has 5 nitrogen and oxygen atoms in total. The average molecular weight is 440 g/mol. The highest BCUT2D eigenvalue weighted by atomic mass is 79.9. The summed E-state index contributed by atoms with van der Waals surface area (Å²) < 4.78 is 18.6. The highest BCUT2D eigenvalue weighted by molar-refractivity contribution is 9.10. The van der Waals surface area contributed by atoms with Crippen molar-refractivity contribution in [3.63, 3.8) is 0 Å². The number of ether oxygens (including phenoxy) is 3. The van der Waals surface area contributed by atoms with E-state index in [9.17, 15) is 4.79 Å². The van der Waals surface area contributed by atoms with Crippen LogP contribution >= 0.6 is 15.9 Å².